The quantitative estimate of drug-likeness (QED) is 0.334. The molecule has 2 N–H and O–H groups in total. The van der Waals surface area contributed by atoms with Gasteiger partial charge in [0.25, 0.3) is 0 Å². The number of benzene rings is 1. The van der Waals surface area contributed by atoms with E-state index in [9.17, 15) is 9.18 Å². The lowest BCUT2D eigenvalue weighted by Crippen LogP contribution is -2.34. The number of nitrogens with one attached hydrogen (secondary N) is 2. The number of hydrogen-bond acceptors (Lipinski definition) is 6. The number of imidazole rings is 1. The van der Waals surface area contributed by atoms with Crippen molar-refractivity contribution in [2.45, 2.75) is 65.0 Å². The zero-order chi connectivity index (χ0) is 27.2. The first-order valence-electron chi connectivity index (χ1n) is 14.4. The van der Waals surface area contributed by atoms with Gasteiger partial charge >= 0.3 is 6.03 Å². The number of rotatable bonds is 10. The number of halogens is 1. The van der Waals surface area contributed by atoms with Crippen LogP contribution in [-0.2, 0) is 4.74 Å². The minimum atomic E-state index is -0.438. The second kappa shape index (κ2) is 12.8. The molecule has 1 unspecified atom stereocenters. The fraction of sp³-hybridized carbons (Fsp3) is 0.607. The Morgan fingerprint density at radius 1 is 1.21 bits per heavy atom. The monoisotopic (exact) mass is 541 g/mol. The molecule has 2 amide bonds. The number of carbonyl (C=O) groups is 1. The van der Waals surface area contributed by atoms with Gasteiger partial charge in [0.1, 0.15) is 6.23 Å². The van der Waals surface area contributed by atoms with Crippen LogP contribution in [0.5, 0.6) is 5.75 Å². The minimum Gasteiger partial charge on any atom is -0.490 e. The summed E-state index contributed by atoms with van der Waals surface area (Å²) in [5.74, 6) is 0.193. The van der Waals surface area contributed by atoms with Crippen molar-refractivity contribution in [1.82, 2.24) is 29.5 Å². The first kappa shape index (κ1) is 27.4. The zero-order valence-corrected chi connectivity index (χ0v) is 23.0. The van der Waals surface area contributed by atoms with E-state index in [1.54, 1.807) is 21.8 Å². The summed E-state index contributed by atoms with van der Waals surface area (Å²) >= 11 is 0. The Balaban J connectivity index is 1.35. The third-order valence-corrected chi connectivity index (χ3v) is 7.56. The van der Waals surface area contributed by atoms with E-state index in [4.69, 9.17) is 19.6 Å². The van der Waals surface area contributed by atoms with Gasteiger partial charge in [-0.2, -0.15) is 5.10 Å². The van der Waals surface area contributed by atoms with E-state index >= 15 is 0 Å². The molecule has 0 bridgehead atoms. The van der Waals surface area contributed by atoms with E-state index in [2.05, 4.69) is 15.2 Å². The molecular weight excluding hydrogens is 501 g/mol. The first-order valence-corrected chi connectivity index (χ1v) is 14.4. The normalized spacial score (nSPS) is 18.4. The van der Waals surface area contributed by atoms with Crippen LogP contribution in [0.15, 0.2) is 18.3 Å². The van der Waals surface area contributed by atoms with Crippen molar-refractivity contribution in [3.05, 3.63) is 24.1 Å². The Hall–Kier alpha value is -3.18. The molecule has 2 aliphatic rings. The van der Waals surface area contributed by atoms with Crippen molar-refractivity contribution in [3.63, 3.8) is 0 Å². The van der Waals surface area contributed by atoms with Crippen molar-refractivity contribution in [2.75, 3.05) is 51.3 Å². The van der Waals surface area contributed by atoms with Crippen molar-refractivity contribution in [3.8, 4) is 17.3 Å². The van der Waals surface area contributed by atoms with Crippen molar-refractivity contribution < 1.29 is 18.7 Å². The molecule has 4 heterocycles. The maximum Gasteiger partial charge on any atom is 0.321 e. The van der Waals surface area contributed by atoms with Gasteiger partial charge in [0.2, 0.25) is 0 Å². The molecule has 0 radical (unpaired) electrons. The highest BCUT2D eigenvalue weighted by Crippen LogP contribution is 2.32. The molecule has 0 spiro atoms. The van der Waals surface area contributed by atoms with Crippen LogP contribution in [0.3, 0.4) is 0 Å². The van der Waals surface area contributed by atoms with Crippen LogP contribution in [0.1, 0.15) is 65.0 Å². The van der Waals surface area contributed by atoms with Gasteiger partial charge in [-0.1, -0.05) is 6.42 Å². The number of urea groups is 1. The Labute approximate surface area is 228 Å². The lowest BCUT2D eigenvalue weighted by molar-refractivity contribution is -0.0393. The number of ether oxygens (including phenoxy) is 2. The molecule has 11 heteroatoms. The Bertz CT molecular complexity index is 1240. The van der Waals surface area contributed by atoms with Crippen LogP contribution in [0.2, 0.25) is 0 Å². The number of nitrogens with zero attached hydrogens (tertiary/aromatic N) is 5. The zero-order valence-electron chi connectivity index (χ0n) is 23.0. The van der Waals surface area contributed by atoms with E-state index in [1.807, 2.05) is 13.8 Å². The largest absolute Gasteiger partial charge is 0.490 e. The summed E-state index contributed by atoms with van der Waals surface area (Å²) in [5.41, 5.74) is 2.11. The summed E-state index contributed by atoms with van der Waals surface area (Å²) < 4.78 is 28.4. The molecule has 39 heavy (non-hydrogen) atoms. The van der Waals surface area contributed by atoms with Crippen LogP contribution >= 0.6 is 0 Å². The van der Waals surface area contributed by atoms with Gasteiger partial charge in [-0.3, -0.25) is 0 Å². The third kappa shape index (κ3) is 6.52. The molecule has 1 atom stereocenters. The lowest BCUT2D eigenvalue weighted by Gasteiger charge is -2.26. The molecule has 2 aromatic heterocycles. The lowest BCUT2D eigenvalue weighted by atomic mass is 10.1. The minimum absolute atomic E-state index is 0.190. The molecule has 10 nitrogen and oxygen atoms in total. The highest BCUT2D eigenvalue weighted by molar-refractivity contribution is 5.93. The van der Waals surface area contributed by atoms with Crippen LogP contribution < -0.4 is 10.1 Å². The second-order valence-electron chi connectivity index (χ2n) is 10.3. The van der Waals surface area contributed by atoms with Crippen molar-refractivity contribution in [1.29, 1.82) is 0 Å². The molecule has 2 aliphatic heterocycles. The van der Waals surface area contributed by atoms with Crippen LogP contribution in [-0.4, -0.2) is 81.5 Å². The summed E-state index contributed by atoms with van der Waals surface area (Å²) in [6, 6.07) is 2.81. The summed E-state index contributed by atoms with van der Waals surface area (Å²) in [5, 5.41) is 7.73. The third-order valence-electron chi connectivity index (χ3n) is 7.56. The summed E-state index contributed by atoms with van der Waals surface area (Å²) in [6.45, 7) is 9.40. The van der Waals surface area contributed by atoms with Gasteiger partial charge < -0.3 is 29.6 Å². The average Bonchev–Trinajstić information content (AvgIpc) is 3.56. The number of hydrogen-bond donors (Lipinski definition) is 2. The number of likely N-dealkylation sites (tertiary alicyclic amines) is 1. The molecule has 212 valence electrons. The number of H-pyrrole nitrogens is 1. The predicted octanol–water partition coefficient (Wildman–Crippen LogP) is 5.39. The molecular formula is C28H40FN7O3. The molecule has 5 rings (SSSR count). The maximum atomic E-state index is 14.9. The Morgan fingerprint density at radius 3 is 2.77 bits per heavy atom. The fourth-order valence-electron chi connectivity index (χ4n) is 5.33. The highest BCUT2D eigenvalue weighted by atomic mass is 19.1. The van der Waals surface area contributed by atoms with Crippen molar-refractivity contribution >= 4 is 22.8 Å². The van der Waals surface area contributed by atoms with Gasteiger partial charge in [0.15, 0.2) is 23.1 Å². The molecule has 1 aromatic carbocycles. The summed E-state index contributed by atoms with van der Waals surface area (Å²) in [6.07, 6.45) is 9.15. The summed E-state index contributed by atoms with van der Waals surface area (Å²) in [7, 11) is 0. The highest BCUT2D eigenvalue weighted by Gasteiger charge is 2.24. The van der Waals surface area contributed by atoms with E-state index in [-0.39, 0.29) is 18.0 Å². The number of fused-ring (bicyclic) bond motifs is 1. The maximum absolute atomic E-state index is 14.9. The van der Waals surface area contributed by atoms with Gasteiger partial charge in [-0.05, 0) is 65.5 Å². The molecule has 2 fully saturated rings. The van der Waals surface area contributed by atoms with Gasteiger partial charge in [-0.25, -0.2) is 18.9 Å². The SMILES string of the molecule is CCN(CC)C(=O)Nc1cn(C2CCCCO2)nc1-c1nc2cc(OCCCN3CCCCC3)c(F)cc2[nH]1. The average molecular weight is 542 g/mol. The number of piperidine rings is 1. The van der Waals surface area contributed by atoms with E-state index in [0.29, 0.717) is 54.5 Å². The number of amides is 2. The molecule has 3 aromatic rings. The number of aromatic amines is 1. The second-order valence-corrected chi connectivity index (χ2v) is 10.3. The van der Waals surface area contributed by atoms with E-state index in [1.165, 1.54) is 25.3 Å². The first-order chi connectivity index (χ1) is 19.1. The van der Waals surface area contributed by atoms with Crippen LogP contribution in [0, 0.1) is 5.82 Å². The number of anilines is 1. The fourth-order valence-corrected chi connectivity index (χ4v) is 5.33. The van der Waals surface area contributed by atoms with E-state index < -0.39 is 5.82 Å². The predicted molar refractivity (Wildman–Crippen MR) is 148 cm³/mol. The summed E-state index contributed by atoms with van der Waals surface area (Å²) in [4.78, 5) is 24.9. The van der Waals surface area contributed by atoms with Gasteiger partial charge in [-0.15, -0.1) is 0 Å². The number of aromatic nitrogens is 4. The Kier molecular flexibility index (Phi) is 8.98. The molecule has 2 saturated heterocycles. The topological polar surface area (TPSA) is 101 Å². The van der Waals surface area contributed by atoms with E-state index in [0.717, 1.165) is 45.3 Å². The smallest absolute Gasteiger partial charge is 0.321 e. The molecule has 0 aliphatic carbocycles. The van der Waals surface area contributed by atoms with Gasteiger partial charge in [0.05, 0.1) is 29.5 Å². The van der Waals surface area contributed by atoms with Gasteiger partial charge in [0, 0.05) is 38.4 Å². The van der Waals surface area contributed by atoms with Crippen molar-refractivity contribution in [2.24, 2.45) is 0 Å². The molecule has 0 saturated carbocycles. The van der Waals surface area contributed by atoms with Crippen LogP contribution in [0.25, 0.3) is 22.6 Å². The van der Waals surface area contributed by atoms with Crippen LogP contribution in [0.4, 0.5) is 14.9 Å². The standard InChI is InChI=1S/C28H40FN7O3/c1-3-35(4-2)28(37)32-23-19-36(25-11-6-9-15-39-25)33-26(23)27-30-21-17-20(29)24(18-22(21)31-27)38-16-10-14-34-12-7-5-8-13-34/h17-19,25H,3-16H2,1-2H3,(H,30,31)(H,32,37). The number of carbonyl (C=O) groups excluding carboxylic acids is 1. The Morgan fingerprint density at radius 2 is 2.03 bits per heavy atom.